The van der Waals surface area contributed by atoms with Crippen molar-refractivity contribution in [1.82, 2.24) is 4.98 Å². The van der Waals surface area contributed by atoms with E-state index in [1.54, 1.807) is 36.7 Å². The van der Waals surface area contributed by atoms with Gasteiger partial charge < -0.3 is 4.42 Å². The summed E-state index contributed by atoms with van der Waals surface area (Å²) in [6.45, 7) is 0. The third kappa shape index (κ3) is 1.44. The third-order valence-corrected chi connectivity index (χ3v) is 3.33. The molecule has 0 atom stereocenters. The number of rotatable bonds is 1. The van der Waals surface area contributed by atoms with Gasteiger partial charge in [-0.2, -0.15) is 0 Å². The summed E-state index contributed by atoms with van der Waals surface area (Å²) < 4.78 is 5.27. The Morgan fingerprint density at radius 2 is 2.19 bits per heavy atom. The predicted octanol–water partition coefficient (Wildman–Crippen LogP) is 2.92. The van der Waals surface area contributed by atoms with Crippen molar-refractivity contribution >= 4 is 21.6 Å². The van der Waals surface area contributed by atoms with Crippen LogP contribution in [0.2, 0.25) is 0 Å². The molecule has 0 spiro atoms. The van der Waals surface area contributed by atoms with E-state index in [1.807, 2.05) is 6.07 Å². The molecule has 0 fully saturated rings. The minimum absolute atomic E-state index is 0.0201. The van der Waals surface area contributed by atoms with E-state index in [0.29, 0.717) is 11.1 Å². The van der Waals surface area contributed by atoms with E-state index in [1.165, 1.54) is 11.3 Å². The molecule has 0 aromatic carbocycles. The fourth-order valence-corrected chi connectivity index (χ4v) is 2.51. The van der Waals surface area contributed by atoms with Crippen LogP contribution in [0.15, 0.2) is 52.0 Å². The Morgan fingerprint density at radius 3 is 3.00 bits per heavy atom. The second-order valence-electron chi connectivity index (χ2n) is 3.31. The standard InChI is InChI=1S/C12H7NO2S/c14-9-7-11(10-4-2-6-15-10)16-12-8(9)3-1-5-13-12/h1-7H. The van der Waals surface area contributed by atoms with Crippen LogP contribution in [0.3, 0.4) is 0 Å². The summed E-state index contributed by atoms with van der Waals surface area (Å²) in [5.41, 5.74) is -0.0201. The van der Waals surface area contributed by atoms with Gasteiger partial charge in [0.15, 0.2) is 5.43 Å². The van der Waals surface area contributed by atoms with Gasteiger partial charge in [-0.1, -0.05) is 0 Å². The number of furan rings is 1. The molecule has 0 aliphatic carbocycles. The van der Waals surface area contributed by atoms with Gasteiger partial charge in [-0.3, -0.25) is 4.79 Å². The first-order valence-electron chi connectivity index (χ1n) is 4.77. The molecule has 0 saturated heterocycles. The highest BCUT2D eigenvalue weighted by Crippen LogP contribution is 2.26. The molecule has 0 amide bonds. The molecule has 4 heteroatoms. The Hall–Kier alpha value is -1.94. The van der Waals surface area contributed by atoms with Crippen LogP contribution in [-0.2, 0) is 0 Å². The van der Waals surface area contributed by atoms with E-state index in [2.05, 4.69) is 4.98 Å². The van der Waals surface area contributed by atoms with E-state index in [0.717, 1.165) is 9.71 Å². The molecule has 0 aliphatic heterocycles. The normalized spacial score (nSPS) is 10.8. The van der Waals surface area contributed by atoms with Crippen molar-refractivity contribution in [2.24, 2.45) is 0 Å². The fraction of sp³-hybridized carbons (Fsp3) is 0. The maximum Gasteiger partial charge on any atom is 0.190 e. The zero-order chi connectivity index (χ0) is 11.0. The third-order valence-electron chi connectivity index (χ3n) is 2.27. The molecule has 3 aromatic heterocycles. The summed E-state index contributed by atoms with van der Waals surface area (Å²) in [5.74, 6) is 0.703. The lowest BCUT2D eigenvalue weighted by Gasteiger charge is -1.97. The molecule has 0 saturated carbocycles. The van der Waals surface area contributed by atoms with Gasteiger partial charge in [0.05, 0.1) is 16.5 Å². The van der Waals surface area contributed by atoms with Crippen molar-refractivity contribution in [3.05, 3.63) is 53.0 Å². The molecule has 16 heavy (non-hydrogen) atoms. The molecular weight excluding hydrogens is 222 g/mol. The highest BCUT2D eigenvalue weighted by molar-refractivity contribution is 7.21. The van der Waals surface area contributed by atoms with Crippen molar-refractivity contribution < 1.29 is 4.42 Å². The Morgan fingerprint density at radius 1 is 1.25 bits per heavy atom. The van der Waals surface area contributed by atoms with Crippen molar-refractivity contribution in [3.63, 3.8) is 0 Å². The molecule has 0 N–H and O–H groups in total. The van der Waals surface area contributed by atoms with Crippen LogP contribution >= 0.6 is 11.3 Å². The number of nitrogens with zero attached hydrogens (tertiary/aromatic N) is 1. The molecule has 3 nitrogen and oxygen atoms in total. The van der Waals surface area contributed by atoms with Crippen LogP contribution in [-0.4, -0.2) is 4.98 Å². The minimum atomic E-state index is -0.0201. The molecule has 3 aromatic rings. The molecule has 78 valence electrons. The van der Waals surface area contributed by atoms with Crippen molar-refractivity contribution in [3.8, 4) is 10.6 Å². The number of fused-ring (bicyclic) bond motifs is 1. The maximum absolute atomic E-state index is 11.8. The molecule has 3 rings (SSSR count). The molecular formula is C12H7NO2S. The first-order chi connectivity index (χ1) is 7.84. The lowest BCUT2D eigenvalue weighted by atomic mass is 10.3. The summed E-state index contributed by atoms with van der Waals surface area (Å²) in [4.78, 5) is 17.6. The van der Waals surface area contributed by atoms with Crippen LogP contribution in [0.4, 0.5) is 0 Å². The smallest absolute Gasteiger partial charge is 0.190 e. The number of hydrogen-bond acceptors (Lipinski definition) is 4. The second kappa shape index (κ2) is 3.57. The zero-order valence-electron chi connectivity index (χ0n) is 8.21. The van der Waals surface area contributed by atoms with Crippen molar-refractivity contribution in [2.75, 3.05) is 0 Å². The van der Waals surface area contributed by atoms with E-state index in [4.69, 9.17) is 4.42 Å². The quantitative estimate of drug-likeness (QED) is 0.644. The molecule has 0 radical (unpaired) electrons. The maximum atomic E-state index is 11.8. The first kappa shape index (κ1) is 9.30. The average Bonchev–Trinajstić information content (AvgIpc) is 2.82. The van der Waals surface area contributed by atoms with Crippen LogP contribution in [0, 0.1) is 0 Å². The molecule has 3 heterocycles. The van der Waals surface area contributed by atoms with Gasteiger partial charge in [0, 0.05) is 12.3 Å². The van der Waals surface area contributed by atoms with Gasteiger partial charge in [-0.25, -0.2) is 4.98 Å². The van der Waals surface area contributed by atoms with E-state index >= 15 is 0 Å². The molecule has 0 aliphatic rings. The summed E-state index contributed by atoms with van der Waals surface area (Å²) >= 11 is 1.45. The van der Waals surface area contributed by atoms with Gasteiger partial charge in [-0.05, 0) is 24.3 Å². The Balaban J connectivity index is 2.34. The van der Waals surface area contributed by atoms with Gasteiger partial charge in [0.25, 0.3) is 0 Å². The van der Waals surface area contributed by atoms with Gasteiger partial charge in [0.2, 0.25) is 0 Å². The summed E-state index contributed by atoms with van der Waals surface area (Å²) in [6, 6.07) is 8.78. The highest BCUT2D eigenvalue weighted by Gasteiger charge is 2.06. The SMILES string of the molecule is O=c1cc(-c2ccco2)sc2ncccc12. The van der Waals surface area contributed by atoms with Crippen LogP contribution in [0.5, 0.6) is 0 Å². The van der Waals surface area contributed by atoms with E-state index in [9.17, 15) is 4.79 Å². The van der Waals surface area contributed by atoms with Crippen LogP contribution < -0.4 is 5.43 Å². The Bertz CT molecular complexity index is 686. The number of pyridine rings is 1. The average molecular weight is 229 g/mol. The van der Waals surface area contributed by atoms with Crippen molar-refractivity contribution in [2.45, 2.75) is 0 Å². The Kier molecular flexibility index (Phi) is 2.08. The van der Waals surface area contributed by atoms with Crippen LogP contribution in [0.1, 0.15) is 0 Å². The monoisotopic (exact) mass is 229 g/mol. The van der Waals surface area contributed by atoms with E-state index < -0.39 is 0 Å². The lowest BCUT2D eigenvalue weighted by Crippen LogP contribution is -1.99. The zero-order valence-corrected chi connectivity index (χ0v) is 9.03. The highest BCUT2D eigenvalue weighted by atomic mass is 32.1. The summed E-state index contributed by atoms with van der Waals surface area (Å²) in [6.07, 6.45) is 3.28. The predicted molar refractivity (Wildman–Crippen MR) is 63.6 cm³/mol. The van der Waals surface area contributed by atoms with Gasteiger partial charge >= 0.3 is 0 Å². The Labute approximate surface area is 95.0 Å². The minimum Gasteiger partial charge on any atom is -0.464 e. The first-order valence-corrected chi connectivity index (χ1v) is 5.59. The van der Waals surface area contributed by atoms with Gasteiger partial charge in [0.1, 0.15) is 10.6 Å². The summed E-state index contributed by atoms with van der Waals surface area (Å²) in [5, 5.41) is 0.655. The summed E-state index contributed by atoms with van der Waals surface area (Å²) in [7, 11) is 0. The topological polar surface area (TPSA) is 43.1 Å². The molecule has 0 bridgehead atoms. The van der Waals surface area contributed by atoms with Gasteiger partial charge in [-0.15, -0.1) is 11.3 Å². The lowest BCUT2D eigenvalue weighted by molar-refractivity contribution is 0.583. The largest absolute Gasteiger partial charge is 0.464 e. The van der Waals surface area contributed by atoms with E-state index in [-0.39, 0.29) is 5.43 Å². The second-order valence-corrected chi connectivity index (χ2v) is 4.34. The van der Waals surface area contributed by atoms with Crippen LogP contribution in [0.25, 0.3) is 20.9 Å². The molecule has 0 unspecified atom stereocenters. The number of aromatic nitrogens is 1. The van der Waals surface area contributed by atoms with Crippen molar-refractivity contribution in [1.29, 1.82) is 0 Å². The fourth-order valence-electron chi connectivity index (χ4n) is 1.53. The number of hydrogen-bond donors (Lipinski definition) is 0.